The van der Waals surface area contributed by atoms with Crippen LogP contribution in [0.15, 0.2) is 23.1 Å². The Morgan fingerprint density at radius 3 is 2.90 bits per heavy atom. The first-order valence-electron chi connectivity index (χ1n) is 6.44. The number of thioether (sulfide) groups is 1. The molecule has 0 aliphatic carbocycles. The van der Waals surface area contributed by atoms with E-state index in [0.29, 0.717) is 5.56 Å². The molecule has 1 atom stereocenters. The number of sulfonamides is 1. The largest absolute Gasteiger partial charge is 0.495 e. The first-order valence-corrected chi connectivity index (χ1v) is 9.08. The van der Waals surface area contributed by atoms with E-state index in [1.807, 2.05) is 0 Å². The molecule has 20 heavy (non-hydrogen) atoms. The molecule has 1 aliphatic rings. The van der Waals surface area contributed by atoms with Crippen LogP contribution in [0.3, 0.4) is 0 Å². The Balaban J connectivity index is 2.24. The number of aliphatic hydroxyl groups excluding tert-OH is 1. The van der Waals surface area contributed by atoms with Crippen molar-refractivity contribution in [3.05, 3.63) is 23.8 Å². The summed E-state index contributed by atoms with van der Waals surface area (Å²) in [4.78, 5) is 0.118. The summed E-state index contributed by atoms with van der Waals surface area (Å²) in [5.41, 5.74) is 0.619. The highest BCUT2D eigenvalue weighted by Gasteiger charge is 2.25. The van der Waals surface area contributed by atoms with Gasteiger partial charge in [-0.15, -0.1) is 0 Å². The minimum Gasteiger partial charge on any atom is -0.495 e. The third-order valence-corrected chi connectivity index (χ3v) is 5.96. The molecule has 0 amide bonds. The smallest absolute Gasteiger partial charge is 0.244 e. The van der Waals surface area contributed by atoms with Gasteiger partial charge in [-0.3, -0.25) is 0 Å². The summed E-state index contributed by atoms with van der Waals surface area (Å²) in [5, 5.41) is 9.09. The minimum atomic E-state index is -3.60. The van der Waals surface area contributed by atoms with Crippen molar-refractivity contribution in [1.82, 2.24) is 4.72 Å². The number of aliphatic hydroxyl groups is 1. The van der Waals surface area contributed by atoms with Gasteiger partial charge in [-0.05, 0) is 36.3 Å². The van der Waals surface area contributed by atoms with Crippen molar-refractivity contribution in [2.45, 2.75) is 30.4 Å². The topological polar surface area (TPSA) is 75.6 Å². The fourth-order valence-electron chi connectivity index (χ4n) is 2.15. The van der Waals surface area contributed by atoms with Crippen LogP contribution in [0, 0.1) is 0 Å². The zero-order chi connectivity index (χ0) is 14.6. The van der Waals surface area contributed by atoms with Gasteiger partial charge in [0.1, 0.15) is 10.6 Å². The highest BCUT2D eigenvalue weighted by molar-refractivity contribution is 7.99. The van der Waals surface area contributed by atoms with Gasteiger partial charge in [0, 0.05) is 11.8 Å². The van der Waals surface area contributed by atoms with Crippen molar-refractivity contribution in [2.24, 2.45) is 0 Å². The summed E-state index contributed by atoms with van der Waals surface area (Å²) in [5.74, 6) is 2.15. The molecule has 7 heteroatoms. The minimum absolute atomic E-state index is 0.0269. The van der Waals surface area contributed by atoms with E-state index in [9.17, 15) is 8.42 Å². The van der Waals surface area contributed by atoms with Gasteiger partial charge >= 0.3 is 0 Å². The maximum absolute atomic E-state index is 12.4. The molecule has 1 aromatic rings. The summed E-state index contributed by atoms with van der Waals surface area (Å²) < 4.78 is 32.7. The van der Waals surface area contributed by atoms with Crippen LogP contribution < -0.4 is 9.46 Å². The molecule has 0 aromatic heterocycles. The molecule has 0 saturated carbocycles. The summed E-state index contributed by atoms with van der Waals surface area (Å²) >= 11 is 1.76. The molecular weight excluding hydrogens is 298 g/mol. The lowest BCUT2D eigenvalue weighted by Gasteiger charge is -2.22. The van der Waals surface area contributed by atoms with E-state index in [0.717, 1.165) is 24.3 Å². The molecule has 1 aromatic carbocycles. The molecule has 0 radical (unpaired) electrons. The van der Waals surface area contributed by atoms with Crippen LogP contribution in [0.25, 0.3) is 0 Å². The SMILES string of the molecule is COc1cc(CO)ccc1S(=O)(=O)NC1CCCSC1. The summed E-state index contributed by atoms with van der Waals surface area (Å²) in [7, 11) is -2.18. The number of benzene rings is 1. The fourth-order valence-corrected chi connectivity index (χ4v) is 4.75. The fraction of sp³-hybridized carbons (Fsp3) is 0.538. The van der Waals surface area contributed by atoms with Gasteiger partial charge in [0.15, 0.2) is 0 Å². The van der Waals surface area contributed by atoms with Crippen molar-refractivity contribution in [3.8, 4) is 5.75 Å². The molecule has 1 heterocycles. The molecule has 1 unspecified atom stereocenters. The molecule has 2 N–H and O–H groups in total. The number of hydrogen-bond acceptors (Lipinski definition) is 5. The summed E-state index contributed by atoms with van der Waals surface area (Å²) in [6.45, 7) is -0.149. The lowest BCUT2D eigenvalue weighted by molar-refractivity contribution is 0.280. The average Bonchev–Trinajstić information content (AvgIpc) is 2.47. The van der Waals surface area contributed by atoms with Crippen molar-refractivity contribution >= 4 is 21.8 Å². The molecule has 2 rings (SSSR count). The van der Waals surface area contributed by atoms with Crippen molar-refractivity contribution in [3.63, 3.8) is 0 Å². The Labute approximate surface area is 123 Å². The van der Waals surface area contributed by atoms with Gasteiger partial charge in [-0.2, -0.15) is 11.8 Å². The summed E-state index contributed by atoms with van der Waals surface area (Å²) in [6.07, 6.45) is 1.89. The van der Waals surface area contributed by atoms with E-state index in [-0.39, 0.29) is 23.3 Å². The Kier molecular flexibility index (Phi) is 5.31. The number of methoxy groups -OCH3 is 1. The van der Waals surface area contributed by atoms with Crippen LogP contribution in [0.4, 0.5) is 0 Å². The van der Waals surface area contributed by atoms with Gasteiger partial charge in [0.2, 0.25) is 10.0 Å². The molecule has 0 bridgehead atoms. The van der Waals surface area contributed by atoms with Crippen molar-refractivity contribution < 1.29 is 18.3 Å². The second-order valence-corrected chi connectivity index (χ2v) is 7.51. The normalized spacial score (nSPS) is 19.8. The Morgan fingerprint density at radius 1 is 1.50 bits per heavy atom. The van der Waals surface area contributed by atoms with Crippen molar-refractivity contribution in [2.75, 3.05) is 18.6 Å². The maximum Gasteiger partial charge on any atom is 0.244 e. The van der Waals surface area contributed by atoms with E-state index >= 15 is 0 Å². The Bertz CT molecular complexity index is 553. The van der Waals surface area contributed by atoms with Crippen LogP contribution in [0.1, 0.15) is 18.4 Å². The lowest BCUT2D eigenvalue weighted by atomic mass is 10.2. The standard InChI is InChI=1S/C13H19NO4S2/c1-18-12-7-10(8-15)4-5-13(12)20(16,17)14-11-3-2-6-19-9-11/h4-5,7,11,14-15H,2-3,6,8-9H2,1H3. The first-order chi connectivity index (χ1) is 9.56. The molecule has 1 aliphatic heterocycles. The van der Waals surface area contributed by atoms with Crippen molar-refractivity contribution in [1.29, 1.82) is 0 Å². The van der Waals surface area contributed by atoms with Gasteiger partial charge in [0.05, 0.1) is 13.7 Å². The Hall–Kier alpha value is -0.760. The lowest BCUT2D eigenvalue weighted by Crippen LogP contribution is -2.38. The maximum atomic E-state index is 12.4. The average molecular weight is 317 g/mol. The second kappa shape index (κ2) is 6.80. The quantitative estimate of drug-likeness (QED) is 0.857. The van der Waals surface area contributed by atoms with Crippen LogP contribution in [-0.2, 0) is 16.6 Å². The van der Waals surface area contributed by atoms with Crippen LogP contribution in [-0.4, -0.2) is 38.2 Å². The number of nitrogens with one attached hydrogen (secondary N) is 1. The predicted octanol–water partition coefficient (Wildman–Crippen LogP) is 1.36. The van der Waals surface area contributed by atoms with Crippen LogP contribution in [0.5, 0.6) is 5.75 Å². The summed E-state index contributed by atoms with van der Waals surface area (Å²) in [6, 6.07) is 4.58. The Morgan fingerprint density at radius 2 is 2.30 bits per heavy atom. The van der Waals surface area contributed by atoms with Gasteiger partial charge in [0.25, 0.3) is 0 Å². The number of ether oxygens (including phenoxy) is 1. The molecule has 112 valence electrons. The number of hydrogen-bond donors (Lipinski definition) is 2. The highest BCUT2D eigenvalue weighted by Crippen LogP contribution is 2.26. The second-order valence-electron chi connectivity index (χ2n) is 4.68. The number of rotatable bonds is 5. The first kappa shape index (κ1) is 15.6. The molecule has 1 saturated heterocycles. The van der Waals surface area contributed by atoms with E-state index in [2.05, 4.69) is 4.72 Å². The van der Waals surface area contributed by atoms with E-state index < -0.39 is 10.0 Å². The molecular formula is C13H19NO4S2. The van der Waals surface area contributed by atoms with E-state index in [1.165, 1.54) is 13.2 Å². The van der Waals surface area contributed by atoms with Gasteiger partial charge < -0.3 is 9.84 Å². The zero-order valence-electron chi connectivity index (χ0n) is 11.3. The zero-order valence-corrected chi connectivity index (χ0v) is 13.0. The highest BCUT2D eigenvalue weighted by atomic mass is 32.2. The molecule has 1 fully saturated rings. The van der Waals surface area contributed by atoms with Gasteiger partial charge in [-0.1, -0.05) is 6.07 Å². The third-order valence-electron chi connectivity index (χ3n) is 3.18. The predicted molar refractivity (Wildman–Crippen MR) is 79.6 cm³/mol. The van der Waals surface area contributed by atoms with Gasteiger partial charge in [-0.25, -0.2) is 13.1 Å². The van der Waals surface area contributed by atoms with Crippen LogP contribution in [0.2, 0.25) is 0 Å². The third kappa shape index (κ3) is 3.66. The molecule has 5 nitrogen and oxygen atoms in total. The molecule has 0 spiro atoms. The van der Waals surface area contributed by atoms with E-state index in [1.54, 1.807) is 23.9 Å². The van der Waals surface area contributed by atoms with Crippen LogP contribution >= 0.6 is 11.8 Å². The van der Waals surface area contributed by atoms with E-state index in [4.69, 9.17) is 9.84 Å². The monoisotopic (exact) mass is 317 g/mol.